The molecule has 122 valence electrons. The van der Waals surface area contributed by atoms with Gasteiger partial charge in [0.15, 0.2) is 0 Å². The number of carbonyl (C=O) groups is 1. The summed E-state index contributed by atoms with van der Waals surface area (Å²) in [6.07, 6.45) is 1.13. The van der Waals surface area contributed by atoms with Crippen LogP contribution in [0.5, 0.6) is 0 Å². The first kappa shape index (κ1) is 17.0. The fourth-order valence-electron chi connectivity index (χ4n) is 3.25. The molecule has 1 aliphatic rings. The van der Waals surface area contributed by atoms with Gasteiger partial charge in [-0.15, -0.1) is 0 Å². The highest BCUT2D eigenvalue weighted by molar-refractivity contribution is 5.73. The lowest BCUT2D eigenvalue weighted by Crippen LogP contribution is -2.31. The zero-order chi connectivity index (χ0) is 16.3. The standard InChI is InChI=1S/C19H30N2O/c1-14(2)18-6-8-19(9-7-18)15(3)20(5)12-17-10-11-21(13-17)16(4)22/h6-9,14-15,17H,10-13H2,1-5H3. The molecular weight excluding hydrogens is 272 g/mol. The third-order valence-electron chi connectivity index (χ3n) is 5.02. The lowest BCUT2D eigenvalue weighted by molar-refractivity contribution is -0.127. The van der Waals surface area contributed by atoms with Gasteiger partial charge in [-0.25, -0.2) is 0 Å². The van der Waals surface area contributed by atoms with Crippen LogP contribution in [0.3, 0.4) is 0 Å². The van der Waals surface area contributed by atoms with Crippen molar-refractivity contribution in [1.29, 1.82) is 0 Å². The molecule has 0 bridgehead atoms. The number of nitrogens with zero attached hydrogens (tertiary/aromatic N) is 2. The van der Waals surface area contributed by atoms with Gasteiger partial charge in [-0.1, -0.05) is 38.1 Å². The second-order valence-electron chi connectivity index (χ2n) is 7.06. The number of amides is 1. The molecule has 2 unspecified atom stereocenters. The van der Waals surface area contributed by atoms with Crippen molar-refractivity contribution in [3.63, 3.8) is 0 Å². The lowest BCUT2D eigenvalue weighted by atomic mass is 9.98. The summed E-state index contributed by atoms with van der Waals surface area (Å²) < 4.78 is 0. The molecule has 2 rings (SSSR count). The van der Waals surface area contributed by atoms with Gasteiger partial charge in [0.2, 0.25) is 5.91 Å². The lowest BCUT2D eigenvalue weighted by Gasteiger charge is -2.28. The molecule has 1 amide bonds. The summed E-state index contributed by atoms with van der Waals surface area (Å²) in [6, 6.07) is 9.42. The predicted molar refractivity (Wildman–Crippen MR) is 91.9 cm³/mol. The van der Waals surface area contributed by atoms with Crippen LogP contribution in [0.4, 0.5) is 0 Å². The quantitative estimate of drug-likeness (QED) is 0.828. The molecule has 1 fully saturated rings. The van der Waals surface area contributed by atoms with E-state index in [1.807, 2.05) is 4.90 Å². The number of carbonyl (C=O) groups excluding carboxylic acids is 1. The van der Waals surface area contributed by atoms with E-state index in [0.29, 0.717) is 17.9 Å². The first-order chi connectivity index (χ1) is 10.4. The maximum Gasteiger partial charge on any atom is 0.219 e. The molecule has 3 nitrogen and oxygen atoms in total. The monoisotopic (exact) mass is 302 g/mol. The van der Waals surface area contributed by atoms with E-state index in [4.69, 9.17) is 0 Å². The van der Waals surface area contributed by atoms with Crippen LogP contribution in [-0.4, -0.2) is 42.4 Å². The molecule has 0 spiro atoms. The van der Waals surface area contributed by atoms with Crippen LogP contribution in [0.25, 0.3) is 0 Å². The van der Waals surface area contributed by atoms with Gasteiger partial charge in [-0.2, -0.15) is 0 Å². The molecule has 0 radical (unpaired) electrons. The van der Waals surface area contributed by atoms with Gasteiger partial charge in [-0.3, -0.25) is 9.69 Å². The Morgan fingerprint density at radius 2 is 1.82 bits per heavy atom. The molecule has 2 atom stereocenters. The van der Waals surface area contributed by atoms with E-state index in [1.165, 1.54) is 11.1 Å². The molecular formula is C19H30N2O. The van der Waals surface area contributed by atoms with Crippen molar-refractivity contribution < 1.29 is 4.79 Å². The van der Waals surface area contributed by atoms with Gasteiger partial charge >= 0.3 is 0 Å². The zero-order valence-electron chi connectivity index (χ0n) is 14.7. The second-order valence-corrected chi connectivity index (χ2v) is 7.06. The second kappa shape index (κ2) is 7.28. The zero-order valence-corrected chi connectivity index (χ0v) is 14.7. The minimum absolute atomic E-state index is 0.211. The highest BCUT2D eigenvalue weighted by atomic mass is 16.2. The number of hydrogen-bond acceptors (Lipinski definition) is 2. The molecule has 1 aromatic rings. The van der Waals surface area contributed by atoms with E-state index in [9.17, 15) is 4.79 Å². The van der Waals surface area contributed by atoms with Crippen LogP contribution in [0.15, 0.2) is 24.3 Å². The number of benzene rings is 1. The van der Waals surface area contributed by atoms with Gasteiger partial charge in [0.1, 0.15) is 0 Å². The van der Waals surface area contributed by atoms with Crippen molar-refractivity contribution in [1.82, 2.24) is 9.80 Å². The van der Waals surface area contributed by atoms with E-state index in [-0.39, 0.29) is 5.91 Å². The van der Waals surface area contributed by atoms with Crippen molar-refractivity contribution in [2.24, 2.45) is 5.92 Å². The first-order valence-corrected chi connectivity index (χ1v) is 8.44. The molecule has 1 saturated heterocycles. The van der Waals surface area contributed by atoms with Crippen molar-refractivity contribution in [3.05, 3.63) is 35.4 Å². The van der Waals surface area contributed by atoms with Crippen LogP contribution in [0.1, 0.15) is 57.2 Å². The molecule has 0 saturated carbocycles. The maximum absolute atomic E-state index is 11.4. The van der Waals surface area contributed by atoms with Crippen LogP contribution in [0.2, 0.25) is 0 Å². The van der Waals surface area contributed by atoms with Gasteiger partial charge < -0.3 is 4.90 Å². The van der Waals surface area contributed by atoms with E-state index >= 15 is 0 Å². The first-order valence-electron chi connectivity index (χ1n) is 8.44. The SMILES string of the molecule is CC(=O)N1CCC(CN(C)C(C)c2ccc(C(C)C)cc2)C1. The molecule has 22 heavy (non-hydrogen) atoms. The highest BCUT2D eigenvalue weighted by Crippen LogP contribution is 2.25. The fraction of sp³-hybridized carbons (Fsp3) is 0.632. The van der Waals surface area contributed by atoms with Gasteiger partial charge in [0.05, 0.1) is 0 Å². The Kier molecular flexibility index (Phi) is 5.63. The molecule has 1 aromatic carbocycles. The van der Waals surface area contributed by atoms with Crippen LogP contribution in [0, 0.1) is 5.92 Å². The Bertz CT molecular complexity index is 495. The highest BCUT2D eigenvalue weighted by Gasteiger charge is 2.26. The third kappa shape index (κ3) is 4.10. The van der Waals surface area contributed by atoms with Gasteiger partial charge in [-0.05, 0) is 43.4 Å². The molecule has 0 N–H and O–H groups in total. The Hall–Kier alpha value is -1.35. The van der Waals surface area contributed by atoms with Crippen LogP contribution < -0.4 is 0 Å². The van der Waals surface area contributed by atoms with Crippen molar-refractivity contribution in [2.75, 3.05) is 26.7 Å². The topological polar surface area (TPSA) is 23.6 Å². The number of likely N-dealkylation sites (tertiary alicyclic amines) is 1. The minimum Gasteiger partial charge on any atom is -0.343 e. The van der Waals surface area contributed by atoms with Crippen LogP contribution >= 0.6 is 0 Å². The van der Waals surface area contributed by atoms with E-state index < -0.39 is 0 Å². The van der Waals surface area contributed by atoms with Crippen molar-refractivity contribution in [2.45, 2.75) is 46.1 Å². The average Bonchev–Trinajstić information content (AvgIpc) is 2.95. The summed E-state index contributed by atoms with van der Waals surface area (Å²) in [6.45, 7) is 11.3. The minimum atomic E-state index is 0.211. The Labute approximate surface area is 135 Å². The van der Waals surface area contributed by atoms with Crippen molar-refractivity contribution in [3.8, 4) is 0 Å². The maximum atomic E-state index is 11.4. The molecule has 1 aliphatic heterocycles. The average molecular weight is 302 g/mol. The van der Waals surface area contributed by atoms with E-state index in [1.54, 1.807) is 6.92 Å². The predicted octanol–water partition coefficient (Wildman–Crippen LogP) is 3.67. The van der Waals surface area contributed by atoms with Gasteiger partial charge in [0.25, 0.3) is 0 Å². The Morgan fingerprint density at radius 1 is 1.23 bits per heavy atom. The van der Waals surface area contributed by atoms with Gasteiger partial charge in [0, 0.05) is 32.6 Å². The fourth-order valence-corrected chi connectivity index (χ4v) is 3.25. The Balaban J connectivity index is 1.92. The van der Waals surface area contributed by atoms with E-state index in [2.05, 4.69) is 57.0 Å². The summed E-state index contributed by atoms with van der Waals surface area (Å²) >= 11 is 0. The molecule has 3 heteroatoms. The number of hydrogen-bond donors (Lipinski definition) is 0. The smallest absolute Gasteiger partial charge is 0.219 e. The summed E-state index contributed by atoms with van der Waals surface area (Å²) in [5.41, 5.74) is 2.76. The normalized spacial score (nSPS) is 20.0. The molecule has 0 aliphatic carbocycles. The summed E-state index contributed by atoms with van der Waals surface area (Å²) in [5, 5.41) is 0. The third-order valence-corrected chi connectivity index (χ3v) is 5.02. The molecule has 1 heterocycles. The summed E-state index contributed by atoms with van der Waals surface area (Å²) in [4.78, 5) is 15.8. The largest absolute Gasteiger partial charge is 0.343 e. The Morgan fingerprint density at radius 3 is 2.32 bits per heavy atom. The number of rotatable bonds is 5. The van der Waals surface area contributed by atoms with Crippen LogP contribution in [-0.2, 0) is 4.79 Å². The van der Waals surface area contributed by atoms with E-state index in [0.717, 1.165) is 26.1 Å². The molecule has 0 aromatic heterocycles. The summed E-state index contributed by atoms with van der Waals surface area (Å²) in [7, 11) is 2.19. The summed E-state index contributed by atoms with van der Waals surface area (Å²) in [5.74, 6) is 1.40. The van der Waals surface area contributed by atoms with Crippen molar-refractivity contribution >= 4 is 5.91 Å².